The first-order valence-corrected chi connectivity index (χ1v) is 26.6. The molecule has 0 aliphatic carbocycles. The molecule has 0 radical (unpaired) electrons. The van der Waals surface area contributed by atoms with Crippen LogP contribution in [0.25, 0.3) is 0 Å². The average Bonchev–Trinajstić information content (AvgIpc) is 3.91. The largest absolute Gasteiger partial charge is 0.493 e. The standard InChI is InChI=1S/C57H63N7O9.C3H8/c1-6-13-34(2)14-7-12-19-53(65)60-31-54(66)61-35(3)55(67)62-40-21-36(32-72-51-27-45-43(25-49(51)70-4)56(68)63-41(29-58-45)23-38-15-8-10-17-47(38)63)20-37(22-40)33-73-52-28-46-44(26-50(52)71-5)57(69)64-42(30-59-46)24-39-16-9-11-18-48(39)64;1-3-2/h8-11,15-18,20-22,25-29,34-35,41-42,59H,6-7,12-14,19,23-24,30-33H2,1-5H3,(H,60,65)(H,61,66)(H,62,67);3H2,1-2H3/t34?,35?,41-,42?;/m0./s1. The van der Waals surface area contributed by atoms with Gasteiger partial charge in [0.1, 0.15) is 19.3 Å². The second-order valence-corrected chi connectivity index (χ2v) is 20.0. The third-order valence-corrected chi connectivity index (χ3v) is 13.9. The average molecular weight is 1030 g/mol. The Hall–Kier alpha value is -7.88. The van der Waals surface area contributed by atoms with Crippen LogP contribution in [0.4, 0.5) is 28.4 Å². The predicted octanol–water partition coefficient (Wildman–Crippen LogP) is 10.1. The van der Waals surface area contributed by atoms with Gasteiger partial charge in [-0.25, -0.2) is 0 Å². The normalized spacial score (nSPS) is 16.3. The summed E-state index contributed by atoms with van der Waals surface area (Å²) >= 11 is 0. The highest BCUT2D eigenvalue weighted by Crippen LogP contribution is 2.43. The molecule has 3 unspecified atom stereocenters. The van der Waals surface area contributed by atoms with E-state index in [1.54, 1.807) is 54.4 Å². The van der Waals surface area contributed by atoms with E-state index in [0.717, 1.165) is 54.6 Å². The van der Waals surface area contributed by atoms with Gasteiger partial charge in [0.05, 0.1) is 55.3 Å². The Morgan fingerprint density at radius 2 is 1.34 bits per heavy atom. The van der Waals surface area contributed by atoms with E-state index < -0.39 is 17.9 Å². The fourth-order valence-electron chi connectivity index (χ4n) is 10.2. The molecule has 4 aliphatic heterocycles. The lowest BCUT2D eigenvalue weighted by Gasteiger charge is -2.22. The molecule has 0 fully saturated rings. The van der Waals surface area contributed by atoms with E-state index in [1.165, 1.54) is 27.1 Å². The Labute approximate surface area is 445 Å². The van der Waals surface area contributed by atoms with Gasteiger partial charge in [0.15, 0.2) is 23.0 Å². The molecule has 400 valence electrons. The maximum Gasteiger partial charge on any atom is 0.261 e. The highest BCUT2D eigenvalue weighted by atomic mass is 16.5. The number of hydrogen-bond acceptors (Lipinski definition) is 11. The summed E-state index contributed by atoms with van der Waals surface area (Å²) in [5.41, 5.74) is 7.59. The van der Waals surface area contributed by atoms with Crippen molar-refractivity contribution in [3.05, 3.63) is 124 Å². The maximum absolute atomic E-state index is 14.1. The molecule has 5 amide bonds. The van der Waals surface area contributed by atoms with Crippen LogP contribution in [0, 0.1) is 5.92 Å². The van der Waals surface area contributed by atoms with Gasteiger partial charge < -0.3 is 45.1 Å². The molecule has 0 spiro atoms. The van der Waals surface area contributed by atoms with Crippen molar-refractivity contribution in [2.45, 2.75) is 124 Å². The second-order valence-electron chi connectivity index (χ2n) is 20.0. The molecule has 4 aliphatic rings. The molecule has 9 rings (SSSR count). The predicted molar refractivity (Wildman–Crippen MR) is 297 cm³/mol. The number of fused-ring (bicyclic) bond motifs is 8. The number of aliphatic imine (C=N–C) groups is 1. The van der Waals surface area contributed by atoms with Gasteiger partial charge >= 0.3 is 0 Å². The van der Waals surface area contributed by atoms with Gasteiger partial charge in [0.2, 0.25) is 17.7 Å². The van der Waals surface area contributed by atoms with Crippen LogP contribution in [-0.2, 0) is 40.4 Å². The number of amides is 5. The van der Waals surface area contributed by atoms with E-state index in [2.05, 4.69) is 55.0 Å². The zero-order valence-electron chi connectivity index (χ0n) is 44.8. The van der Waals surface area contributed by atoms with E-state index in [-0.39, 0.29) is 49.6 Å². The molecular weight excluding hydrogens is 963 g/mol. The number of carbonyl (C=O) groups is 5. The summed E-state index contributed by atoms with van der Waals surface area (Å²) < 4.78 is 24.4. The number of benzene rings is 5. The van der Waals surface area contributed by atoms with Crippen molar-refractivity contribution in [1.29, 1.82) is 0 Å². The molecule has 5 aromatic carbocycles. The molecule has 0 bridgehead atoms. The van der Waals surface area contributed by atoms with Crippen molar-refractivity contribution in [2.24, 2.45) is 10.9 Å². The smallest absolute Gasteiger partial charge is 0.261 e. The number of nitrogens with one attached hydrogen (secondary N) is 4. The summed E-state index contributed by atoms with van der Waals surface area (Å²) in [5.74, 6) is 0.573. The van der Waals surface area contributed by atoms with Crippen LogP contribution in [-0.4, -0.2) is 81.2 Å². The number of hydrogen-bond donors (Lipinski definition) is 4. The zero-order chi connectivity index (χ0) is 53.9. The number of para-hydroxylation sites is 2. The molecule has 16 nitrogen and oxygen atoms in total. The minimum Gasteiger partial charge on any atom is -0.493 e. The highest BCUT2D eigenvalue weighted by molar-refractivity contribution is 6.15. The Kier molecular flexibility index (Phi) is 18.0. The molecule has 4 heterocycles. The first-order chi connectivity index (χ1) is 36.8. The molecule has 0 saturated heterocycles. The van der Waals surface area contributed by atoms with Crippen molar-refractivity contribution < 1.29 is 42.9 Å². The minimum absolute atomic E-state index is 0.00435. The van der Waals surface area contributed by atoms with Gasteiger partial charge in [-0.2, -0.15) is 0 Å². The number of carbonyl (C=O) groups excluding carboxylic acids is 5. The van der Waals surface area contributed by atoms with Crippen molar-refractivity contribution in [1.82, 2.24) is 10.6 Å². The number of unbranched alkanes of at least 4 members (excludes halogenated alkanes) is 1. The number of rotatable bonds is 20. The van der Waals surface area contributed by atoms with E-state index in [0.29, 0.717) is 87.6 Å². The highest BCUT2D eigenvalue weighted by Gasteiger charge is 2.39. The lowest BCUT2D eigenvalue weighted by Crippen LogP contribution is -2.45. The number of ether oxygens (including phenoxy) is 4. The third kappa shape index (κ3) is 12.6. The summed E-state index contributed by atoms with van der Waals surface area (Å²) in [7, 11) is 3.03. The van der Waals surface area contributed by atoms with Crippen LogP contribution in [0.15, 0.2) is 96.0 Å². The third-order valence-electron chi connectivity index (χ3n) is 13.9. The maximum atomic E-state index is 14.1. The second kappa shape index (κ2) is 25.1. The zero-order valence-corrected chi connectivity index (χ0v) is 44.8. The molecule has 16 heteroatoms. The fourth-order valence-corrected chi connectivity index (χ4v) is 10.2. The minimum atomic E-state index is -0.955. The Balaban J connectivity index is 0.00000249. The summed E-state index contributed by atoms with van der Waals surface area (Å²) in [5, 5.41) is 11.8. The van der Waals surface area contributed by atoms with Gasteiger partial charge in [0.25, 0.3) is 11.8 Å². The first-order valence-electron chi connectivity index (χ1n) is 26.6. The summed E-state index contributed by atoms with van der Waals surface area (Å²) in [6.07, 6.45) is 9.85. The van der Waals surface area contributed by atoms with Crippen molar-refractivity contribution >= 4 is 64.2 Å². The van der Waals surface area contributed by atoms with Crippen LogP contribution in [0.2, 0.25) is 0 Å². The van der Waals surface area contributed by atoms with Gasteiger partial charge in [-0.1, -0.05) is 96.2 Å². The fraction of sp³-hybridized carbons (Fsp3) is 0.400. The summed E-state index contributed by atoms with van der Waals surface area (Å²) in [6, 6.07) is 26.8. The summed E-state index contributed by atoms with van der Waals surface area (Å²) in [4.78, 5) is 75.6. The molecule has 5 aromatic rings. The van der Waals surface area contributed by atoms with E-state index >= 15 is 0 Å². The first kappa shape index (κ1) is 54.4. The lowest BCUT2D eigenvalue weighted by atomic mass is 9.99. The van der Waals surface area contributed by atoms with Gasteiger partial charge in [-0.15, -0.1) is 0 Å². The van der Waals surface area contributed by atoms with E-state index in [1.807, 2.05) is 53.4 Å². The number of methoxy groups -OCH3 is 2. The molecule has 76 heavy (non-hydrogen) atoms. The van der Waals surface area contributed by atoms with Gasteiger partial charge in [-0.3, -0.25) is 33.9 Å². The molecule has 0 aromatic heterocycles. The molecule has 4 N–H and O–H groups in total. The molecule has 4 atom stereocenters. The van der Waals surface area contributed by atoms with Gasteiger partial charge in [-0.05, 0) is 90.4 Å². The van der Waals surface area contributed by atoms with Crippen LogP contribution in [0.5, 0.6) is 23.0 Å². The lowest BCUT2D eigenvalue weighted by molar-refractivity contribution is -0.128. The van der Waals surface area contributed by atoms with Crippen molar-refractivity contribution in [3.8, 4) is 23.0 Å². The number of nitrogens with zero attached hydrogens (tertiary/aromatic N) is 3. The van der Waals surface area contributed by atoms with E-state index in [4.69, 9.17) is 23.9 Å². The Bertz CT molecular complexity index is 2980. The molecular formula is C60H71N7O9. The monoisotopic (exact) mass is 1030 g/mol. The van der Waals surface area contributed by atoms with Crippen molar-refractivity contribution in [2.75, 3.05) is 47.7 Å². The van der Waals surface area contributed by atoms with Crippen LogP contribution in [0.1, 0.15) is 123 Å². The van der Waals surface area contributed by atoms with Gasteiger partial charge in [0, 0.05) is 54.8 Å². The Morgan fingerprint density at radius 3 is 2.01 bits per heavy atom. The van der Waals surface area contributed by atoms with Crippen LogP contribution >= 0.6 is 0 Å². The van der Waals surface area contributed by atoms with Crippen LogP contribution < -0.4 is 50.0 Å². The quantitative estimate of drug-likeness (QED) is 0.0546. The Morgan fingerprint density at radius 1 is 0.724 bits per heavy atom. The van der Waals surface area contributed by atoms with Crippen LogP contribution in [0.3, 0.4) is 0 Å². The number of anilines is 4. The van der Waals surface area contributed by atoms with E-state index in [9.17, 15) is 24.0 Å². The summed E-state index contributed by atoms with van der Waals surface area (Å²) in [6.45, 7) is 10.5. The topological polar surface area (TPSA) is 189 Å². The van der Waals surface area contributed by atoms with Crippen molar-refractivity contribution in [3.63, 3.8) is 0 Å². The molecule has 0 saturated carbocycles. The SMILES string of the molecule is CCC.CCCC(C)CCCCC(=O)NCC(=O)NC(C)C(=O)Nc1cc(COc2cc3c(cc2OC)C(=O)N2c4ccccc4C[C@H]2C=N3)cc(COc2cc3c(cc2OC)C(=O)N2c4ccccc4CC2CN3)c1.